The largest absolute Gasteiger partial charge is 0.351 e. The first kappa shape index (κ1) is 18.8. The van der Waals surface area contributed by atoms with Crippen LogP contribution in [0.5, 0.6) is 0 Å². The first-order valence-electron chi connectivity index (χ1n) is 6.90. The predicted octanol–water partition coefficient (Wildman–Crippen LogP) is 2.23. The highest BCUT2D eigenvalue weighted by Crippen LogP contribution is 2.14. The molecule has 0 aromatic carbocycles. The van der Waals surface area contributed by atoms with Crippen molar-refractivity contribution in [2.24, 2.45) is 5.92 Å². The van der Waals surface area contributed by atoms with E-state index in [4.69, 9.17) is 0 Å². The normalized spacial score (nSPS) is 14.3. The average molecular weight is 291 g/mol. The molecule has 4 nitrogen and oxygen atoms in total. The summed E-state index contributed by atoms with van der Waals surface area (Å²) in [7, 11) is 1.74. The van der Waals surface area contributed by atoms with Gasteiger partial charge in [-0.1, -0.05) is 13.8 Å². The van der Waals surface area contributed by atoms with E-state index in [2.05, 4.69) is 10.6 Å². The minimum absolute atomic E-state index is 0.0594. The third kappa shape index (κ3) is 8.09. The Labute approximate surface area is 120 Å². The minimum Gasteiger partial charge on any atom is -0.351 e. The topological polar surface area (TPSA) is 53.2 Å². The van der Waals surface area contributed by atoms with E-state index in [1.807, 2.05) is 26.1 Å². The van der Waals surface area contributed by atoms with Gasteiger partial charge in [-0.3, -0.25) is 4.79 Å². The fourth-order valence-corrected chi connectivity index (χ4v) is 1.62. The Balaban J connectivity index is 4.55. The van der Waals surface area contributed by atoms with Gasteiger partial charge < -0.3 is 16.0 Å². The van der Waals surface area contributed by atoms with Crippen LogP contribution < -0.4 is 16.0 Å². The van der Waals surface area contributed by atoms with Gasteiger partial charge >= 0.3 is 6.55 Å². The summed E-state index contributed by atoms with van der Waals surface area (Å²) in [5.41, 5.74) is 0.490. The van der Waals surface area contributed by atoms with Gasteiger partial charge in [0.2, 0.25) is 5.91 Å². The van der Waals surface area contributed by atoms with Gasteiger partial charge in [0.1, 0.15) is 0 Å². The summed E-state index contributed by atoms with van der Waals surface area (Å²) in [4.78, 5) is 12.1. The smallest absolute Gasteiger partial charge is 0.312 e. The molecule has 6 heteroatoms. The van der Waals surface area contributed by atoms with Gasteiger partial charge in [0, 0.05) is 24.2 Å². The Morgan fingerprint density at radius 2 is 1.95 bits per heavy atom. The van der Waals surface area contributed by atoms with Crippen molar-refractivity contribution in [3.05, 3.63) is 11.8 Å². The highest BCUT2D eigenvalue weighted by atomic mass is 19.3. The van der Waals surface area contributed by atoms with Crippen LogP contribution in [0.3, 0.4) is 0 Å². The maximum Gasteiger partial charge on any atom is 0.312 e. The number of hydrogen-bond acceptors (Lipinski definition) is 3. The van der Waals surface area contributed by atoms with Crippen LogP contribution >= 0.6 is 0 Å². The zero-order valence-electron chi connectivity index (χ0n) is 13.0. The second kappa shape index (κ2) is 8.89. The number of amides is 1. The summed E-state index contributed by atoms with van der Waals surface area (Å²) in [5, 5.41) is 7.84. The Morgan fingerprint density at radius 3 is 2.40 bits per heavy atom. The number of carbonyl (C=O) groups is 1. The van der Waals surface area contributed by atoms with Crippen LogP contribution in [-0.2, 0) is 4.79 Å². The van der Waals surface area contributed by atoms with Crippen LogP contribution in [0.2, 0.25) is 0 Å². The van der Waals surface area contributed by atoms with Crippen LogP contribution in [0.25, 0.3) is 0 Å². The first-order chi connectivity index (χ1) is 9.21. The third-order valence-electron chi connectivity index (χ3n) is 3.18. The molecule has 0 aliphatic rings. The van der Waals surface area contributed by atoms with Crippen molar-refractivity contribution in [2.45, 2.75) is 52.6 Å². The standard InChI is InChI=1S/C14H27F2N3O/c1-6-14(3,4)19-12(20)10(2)7-11(8-17-5)9-18-13(15)16/h9-10,13,17-18H,6-8H2,1-5H3,(H,19,20)/b11-9-. The molecular formula is C14H27F2N3O. The van der Waals surface area contributed by atoms with Gasteiger partial charge in [0.25, 0.3) is 0 Å². The molecule has 0 saturated heterocycles. The number of likely N-dealkylation sites (N-methyl/N-ethyl adjacent to an activating group) is 1. The van der Waals surface area contributed by atoms with Crippen LogP contribution in [0.15, 0.2) is 11.8 Å². The lowest BCUT2D eigenvalue weighted by Gasteiger charge is -2.26. The Morgan fingerprint density at radius 1 is 1.35 bits per heavy atom. The summed E-state index contributed by atoms with van der Waals surface area (Å²) in [6.45, 7) is 5.59. The average Bonchev–Trinajstić information content (AvgIpc) is 2.35. The summed E-state index contributed by atoms with van der Waals surface area (Å²) < 4.78 is 24.3. The van der Waals surface area contributed by atoms with Crippen molar-refractivity contribution in [1.82, 2.24) is 16.0 Å². The summed E-state index contributed by atoms with van der Waals surface area (Å²) in [6, 6.07) is 0. The fraction of sp³-hybridized carbons (Fsp3) is 0.786. The highest BCUT2D eigenvalue weighted by molar-refractivity contribution is 5.79. The molecule has 1 atom stereocenters. The molecule has 1 amide bonds. The molecule has 0 aliphatic carbocycles. The van der Waals surface area contributed by atoms with Crippen LogP contribution in [0, 0.1) is 5.92 Å². The quantitative estimate of drug-likeness (QED) is 0.571. The lowest BCUT2D eigenvalue weighted by molar-refractivity contribution is -0.126. The van der Waals surface area contributed by atoms with Crippen LogP contribution in [0.1, 0.15) is 40.5 Å². The van der Waals surface area contributed by atoms with Crippen molar-refractivity contribution >= 4 is 5.91 Å². The van der Waals surface area contributed by atoms with Crippen LogP contribution in [0.4, 0.5) is 8.78 Å². The van der Waals surface area contributed by atoms with E-state index in [1.54, 1.807) is 14.0 Å². The zero-order chi connectivity index (χ0) is 15.8. The van der Waals surface area contributed by atoms with E-state index in [-0.39, 0.29) is 17.4 Å². The molecule has 0 aromatic heterocycles. The first-order valence-corrected chi connectivity index (χ1v) is 6.90. The number of rotatable bonds is 9. The number of hydrogen-bond donors (Lipinski definition) is 3. The molecule has 0 radical (unpaired) electrons. The number of carbonyl (C=O) groups excluding carboxylic acids is 1. The molecule has 0 aliphatic heterocycles. The second-order valence-corrected chi connectivity index (χ2v) is 5.63. The second-order valence-electron chi connectivity index (χ2n) is 5.63. The molecule has 0 bridgehead atoms. The lowest BCUT2D eigenvalue weighted by atomic mass is 9.97. The maximum absolute atomic E-state index is 12.1. The minimum atomic E-state index is -2.59. The van der Waals surface area contributed by atoms with Crippen LogP contribution in [-0.4, -0.2) is 31.6 Å². The monoisotopic (exact) mass is 291 g/mol. The van der Waals surface area contributed by atoms with E-state index < -0.39 is 6.55 Å². The van der Waals surface area contributed by atoms with E-state index in [0.717, 1.165) is 12.0 Å². The molecule has 0 aromatic rings. The van der Waals surface area contributed by atoms with Gasteiger partial charge in [-0.25, -0.2) is 0 Å². The van der Waals surface area contributed by atoms with Gasteiger partial charge in [0.15, 0.2) is 0 Å². The van der Waals surface area contributed by atoms with Crippen molar-refractivity contribution < 1.29 is 13.6 Å². The molecular weight excluding hydrogens is 264 g/mol. The van der Waals surface area contributed by atoms with E-state index >= 15 is 0 Å². The number of alkyl halides is 2. The Hall–Kier alpha value is -1.17. The fourth-order valence-electron chi connectivity index (χ4n) is 1.62. The SMILES string of the molecule is CCC(C)(C)NC(=O)C(C)C/C(=C/NC(F)F)CNC. The molecule has 118 valence electrons. The summed E-state index contributed by atoms with van der Waals surface area (Å²) in [5.74, 6) is -0.323. The van der Waals surface area contributed by atoms with Gasteiger partial charge in [-0.05, 0) is 39.3 Å². The molecule has 0 fully saturated rings. The van der Waals surface area contributed by atoms with E-state index in [0.29, 0.717) is 13.0 Å². The molecule has 0 rings (SSSR count). The number of nitrogens with one attached hydrogen (secondary N) is 3. The molecule has 0 heterocycles. The van der Waals surface area contributed by atoms with Crippen molar-refractivity contribution in [1.29, 1.82) is 0 Å². The van der Waals surface area contributed by atoms with E-state index in [1.165, 1.54) is 6.20 Å². The Bertz CT molecular complexity index is 330. The summed E-state index contributed by atoms with van der Waals surface area (Å²) in [6.07, 6.45) is 2.56. The van der Waals surface area contributed by atoms with E-state index in [9.17, 15) is 13.6 Å². The van der Waals surface area contributed by atoms with Crippen molar-refractivity contribution in [3.63, 3.8) is 0 Å². The highest BCUT2D eigenvalue weighted by Gasteiger charge is 2.22. The maximum atomic E-state index is 12.1. The number of halogens is 2. The van der Waals surface area contributed by atoms with Gasteiger partial charge in [-0.2, -0.15) is 8.78 Å². The molecule has 0 spiro atoms. The molecule has 1 unspecified atom stereocenters. The van der Waals surface area contributed by atoms with Gasteiger partial charge in [-0.15, -0.1) is 0 Å². The zero-order valence-corrected chi connectivity index (χ0v) is 13.0. The summed E-state index contributed by atoms with van der Waals surface area (Å²) >= 11 is 0. The van der Waals surface area contributed by atoms with Crippen molar-refractivity contribution in [3.8, 4) is 0 Å². The third-order valence-corrected chi connectivity index (χ3v) is 3.18. The predicted molar refractivity (Wildman–Crippen MR) is 77.4 cm³/mol. The van der Waals surface area contributed by atoms with Gasteiger partial charge in [0.05, 0.1) is 0 Å². The Kier molecular flexibility index (Phi) is 8.37. The molecule has 0 saturated carbocycles. The van der Waals surface area contributed by atoms with Crippen molar-refractivity contribution in [2.75, 3.05) is 13.6 Å². The molecule has 20 heavy (non-hydrogen) atoms. The molecule has 3 N–H and O–H groups in total. The lowest BCUT2D eigenvalue weighted by Crippen LogP contribution is -2.45.